The zero-order chi connectivity index (χ0) is 23.9. The Morgan fingerprint density at radius 3 is 2.74 bits per heavy atom. The maximum atomic E-state index is 13.2. The van der Waals surface area contributed by atoms with E-state index in [2.05, 4.69) is 46.5 Å². The largest absolute Gasteiger partial charge is 0.381 e. The molecule has 35 heavy (non-hydrogen) atoms. The molecule has 7 heteroatoms. The molecule has 0 aliphatic carbocycles. The second-order valence-electron chi connectivity index (χ2n) is 10.1. The van der Waals surface area contributed by atoms with E-state index in [0.29, 0.717) is 18.0 Å². The number of likely N-dealkylation sites (tertiary alicyclic amines) is 1. The number of aromatic nitrogens is 3. The molecule has 1 amide bonds. The number of carbonyl (C=O) groups is 1. The van der Waals surface area contributed by atoms with Gasteiger partial charge in [0.15, 0.2) is 5.82 Å². The lowest BCUT2D eigenvalue weighted by atomic mass is 10.0. The number of piperidine rings is 1. The zero-order valence-corrected chi connectivity index (χ0v) is 20.3. The van der Waals surface area contributed by atoms with Crippen LogP contribution in [0.25, 0.3) is 33.5 Å². The Morgan fingerprint density at radius 1 is 1.09 bits per heavy atom. The van der Waals surface area contributed by atoms with Gasteiger partial charge in [0, 0.05) is 62.4 Å². The molecule has 0 spiro atoms. The summed E-state index contributed by atoms with van der Waals surface area (Å²) >= 11 is 0. The van der Waals surface area contributed by atoms with Gasteiger partial charge in [-0.25, -0.2) is 4.98 Å². The lowest BCUT2D eigenvalue weighted by molar-refractivity contribution is 0.0617. The number of para-hydroxylation sites is 1. The maximum absolute atomic E-state index is 13.2. The third-order valence-corrected chi connectivity index (χ3v) is 7.69. The van der Waals surface area contributed by atoms with Crippen molar-refractivity contribution in [2.45, 2.75) is 38.3 Å². The van der Waals surface area contributed by atoms with Crippen LogP contribution in [0.4, 0.5) is 0 Å². The van der Waals surface area contributed by atoms with Gasteiger partial charge in [-0.3, -0.25) is 4.79 Å². The number of carbonyl (C=O) groups excluding carboxylic acids is 1. The van der Waals surface area contributed by atoms with Crippen molar-refractivity contribution < 1.29 is 9.53 Å². The van der Waals surface area contributed by atoms with Crippen LogP contribution in [0.2, 0.25) is 0 Å². The van der Waals surface area contributed by atoms with Crippen molar-refractivity contribution in [1.29, 1.82) is 0 Å². The minimum Gasteiger partial charge on any atom is -0.381 e. The lowest BCUT2D eigenvalue weighted by Crippen LogP contribution is -2.45. The minimum absolute atomic E-state index is 0.0443. The highest BCUT2D eigenvalue weighted by molar-refractivity contribution is 5.98. The molecule has 6 rings (SSSR count). The van der Waals surface area contributed by atoms with Crippen LogP contribution >= 0.6 is 0 Å². The summed E-state index contributed by atoms with van der Waals surface area (Å²) in [4.78, 5) is 20.1. The number of benzene rings is 2. The minimum atomic E-state index is 0.0443. The van der Waals surface area contributed by atoms with E-state index in [1.807, 2.05) is 23.1 Å². The van der Waals surface area contributed by atoms with Crippen LogP contribution in [0, 0.1) is 5.92 Å². The molecule has 2 N–H and O–H groups in total. The van der Waals surface area contributed by atoms with Crippen molar-refractivity contribution in [3.8, 4) is 11.5 Å². The standard InChI is InChI=1S/C28H33N5O2/c1-31-25-9-8-21(28(34)32-12-4-6-22(29)18-32)15-23(25)30-27(31)26-16-20-5-2-3-7-24(20)33(26)17-19-10-13-35-14-11-19/h2-3,5,7-9,15-16,19,22H,4,6,10-14,17-18,29H2,1H3. The Bertz CT molecular complexity index is 1380. The summed E-state index contributed by atoms with van der Waals surface area (Å²) in [6.45, 7) is 4.02. The summed E-state index contributed by atoms with van der Waals surface area (Å²) in [5.41, 5.74) is 11.0. The Balaban J connectivity index is 1.39. The summed E-state index contributed by atoms with van der Waals surface area (Å²) in [5, 5.41) is 1.22. The van der Waals surface area contributed by atoms with Crippen LogP contribution in [-0.2, 0) is 18.3 Å². The van der Waals surface area contributed by atoms with E-state index in [9.17, 15) is 4.79 Å². The first-order valence-corrected chi connectivity index (χ1v) is 12.8. The molecule has 7 nitrogen and oxygen atoms in total. The maximum Gasteiger partial charge on any atom is 0.253 e. The SMILES string of the molecule is Cn1c(-c2cc3ccccc3n2CC2CCOCC2)nc2cc(C(=O)N3CCCC(N)C3)ccc21. The number of imidazole rings is 1. The summed E-state index contributed by atoms with van der Waals surface area (Å²) in [5.74, 6) is 1.56. The number of nitrogens with zero attached hydrogens (tertiary/aromatic N) is 4. The van der Waals surface area contributed by atoms with E-state index >= 15 is 0 Å². The van der Waals surface area contributed by atoms with Gasteiger partial charge in [0.2, 0.25) is 0 Å². The third-order valence-electron chi connectivity index (χ3n) is 7.69. The highest BCUT2D eigenvalue weighted by Crippen LogP contribution is 2.32. The van der Waals surface area contributed by atoms with Gasteiger partial charge in [0.05, 0.1) is 16.7 Å². The number of aryl methyl sites for hydroxylation is 1. The average molecular weight is 472 g/mol. The fraction of sp³-hybridized carbons (Fsp3) is 0.429. The summed E-state index contributed by atoms with van der Waals surface area (Å²) < 4.78 is 10.2. The highest BCUT2D eigenvalue weighted by Gasteiger charge is 2.24. The van der Waals surface area contributed by atoms with Crippen molar-refractivity contribution in [3.05, 3.63) is 54.1 Å². The molecule has 2 saturated heterocycles. The monoisotopic (exact) mass is 471 g/mol. The predicted octanol–water partition coefficient (Wildman–Crippen LogP) is 4.18. The van der Waals surface area contributed by atoms with Gasteiger partial charge in [-0.1, -0.05) is 18.2 Å². The first-order valence-electron chi connectivity index (χ1n) is 12.8. The fourth-order valence-electron chi connectivity index (χ4n) is 5.72. The summed E-state index contributed by atoms with van der Waals surface area (Å²) in [6, 6.07) is 16.8. The van der Waals surface area contributed by atoms with Crippen molar-refractivity contribution in [2.24, 2.45) is 18.7 Å². The van der Waals surface area contributed by atoms with Crippen molar-refractivity contribution in [1.82, 2.24) is 19.0 Å². The van der Waals surface area contributed by atoms with Crippen LogP contribution in [0.15, 0.2) is 48.5 Å². The highest BCUT2D eigenvalue weighted by atomic mass is 16.5. The Morgan fingerprint density at radius 2 is 1.91 bits per heavy atom. The van der Waals surface area contributed by atoms with Gasteiger partial charge in [0.1, 0.15) is 0 Å². The molecule has 1 unspecified atom stereocenters. The molecule has 182 valence electrons. The topological polar surface area (TPSA) is 78.3 Å². The fourth-order valence-corrected chi connectivity index (χ4v) is 5.72. The predicted molar refractivity (Wildman–Crippen MR) is 138 cm³/mol. The second kappa shape index (κ2) is 9.13. The Hall–Kier alpha value is -3.16. The lowest BCUT2D eigenvalue weighted by Gasteiger charge is -2.30. The zero-order valence-electron chi connectivity index (χ0n) is 20.3. The van der Waals surface area contributed by atoms with Gasteiger partial charge in [-0.05, 0) is 61.9 Å². The van der Waals surface area contributed by atoms with Crippen LogP contribution in [0.5, 0.6) is 0 Å². The normalized spacial score (nSPS) is 19.6. The average Bonchev–Trinajstić information content (AvgIpc) is 3.41. The van der Waals surface area contributed by atoms with E-state index in [0.717, 1.165) is 74.5 Å². The molecule has 0 saturated carbocycles. The van der Waals surface area contributed by atoms with Gasteiger partial charge >= 0.3 is 0 Å². The molecule has 4 aromatic rings. The number of nitrogens with two attached hydrogens (primary N) is 1. The van der Waals surface area contributed by atoms with Crippen LogP contribution in [-0.4, -0.2) is 57.3 Å². The number of hydrogen-bond acceptors (Lipinski definition) is 4. The van der Waals surface area contributed by atoms with E-state index in [1.54, 1.807) is 0 Å². The van der Waals surface area contributed by atoms with Crippen LogP contribution < -0.4 is 5.73 Å². The molecule has 2 aromatic heterocycles. The Labute approximate surface area is 205 Å². The molecule has 2 aliphatic heterocycles. The van der Waals surface area contributed by atoms with Gasteiger partial charge in [-0.2, -0.15) is 0 Å². The third kappa shape index (κ3) is 4.13. The van der Waals surface area contributed by atoms with Crippen molar-refractivity contribution in [3.63, 3.8) is 0 Å². The van der Waals surface area contributed by atoms with E-state index in [4.69, 9.17) is 15.5 Å². The molecule has 0 radical (unpaired) electrons. The molecular weight excluding hydrogens is 438 g/mol. The van der Waals surface area contributed by atoms with E-state index in [-0.39, 0.29) is 11.9 Å². The van der Waals surface area contributed by atoms with Crippen LogP contribution in [0.1, 0.15) is 36.0 Å². The van der Waals surface area contributed by atoms with Gasteiger partial charge < -0.3 is 24.5 Å². The molecule has 1 atom stereocenters. The number of fused-ring (bicyclic) bond motifs is 2. The van der Waals surface area contributed by atoms with Gasteiger partial charge in [0.25, 0.3) is 5.91 Å². The number of ether oxygens (including phenoxy) is 1. The van der Waals surface area contributed by atoms with Crippen molar-refractivity contribution >= 4 is 27.8 Å². The number of amides is 1. The molecule has 4 heterocycles. The quantitative estimate of drug-likeness (QED) is 0.484. The molecule has 2 fully saturated rings. The van der Waals surface area contributed by atoms with E-state index in [1.165, 1.54) is 10.9 Å². The molecular formula is C28H33N5O2. The molecule has 2 aromatic carbocycles. The first-order chi connectivity index (χ1) is 17.1. The molecule has 2 aliphatic rings. The molecule has 0 bridgehead atoms. The van der Waals surface area contributed by atoms with Crippen molar-refractivity contribution in [2.75, 3.05) is 26.3 Å². The summed E-state index contributed by atoms with van der Waals surface area (Å²) in [6.07, 6.45) is 4.11. The summed E-state index contributed by atoms with van der Waals surface area (Å²) in [7, 11) is 2.06. The van der Waals surface area contributed by atoms with Gasteiger partial charge in [-0.15, -0.1) is 0 Å². The number of hydrogen-bond donors (Lipinski definition) is 1. The number of rotatable bonds is 4. The second-order valence-corrected chi connectivity index (χ2v) is 10.1. The van der Waals surface area contributed by atoms with E-state index < -0.39 is 0 Å². The Kier molecular flexibility index (Phi) is 5.82. The first kappa shape index (κ1) is 22.3. The van der Waals surface area contributed by atoms with Crippen LogP contribution in [0.3, 0.4) is 0 Å². The smallest absolute Gasteiger partial charge is 0.253 e.